The van der Waals surface area contributed by atoms with Crippen LogP contribution in [0.15, 0.2) is 24.3 Å². The van der Waals surface area contributed by atoms with E-state index in [0.29, 0.717) is 36.1 Å². The molecule has 1 aliphatic heterocycles. The number of benzene rings is 1. The number of methoxy groups -OCH3 is 1. The van der Waals surface area contributed by atoms with Gasteiger partial charge in [-0.2, -0.15) is 4.31 Å². The zero-order valence-corrected chi connectivity index (χ0v) is 17.0. The summed E-state index contributed by atoms with van der Waals surface area (Å²) >= 11 is 1.32. The largest absolute Gasteiger partial charge is 0.497 e. The SMILES string of the molecule is COc1cccc(OCC(=O)Nc2nc3c(s2)CN(S(=O)(=O)C2CC2)CC3)c1. The highest BCUT2D eigenvalue weighted by molar-refractivity contribution is 7.90. The van der Waals surface area contributed by atoms with Crippen LogP contribution in [0.5, 0.6) is 11.5 Å². The molecule has 0 unspecified atom stereocenters. The van der Waals surface area contributed by atoms with Crippen LogP contribution in [-0.2, 0) is 27.8 Å². The van der Waals surface area contributed by atoms with Gasteiger partial charge in [-0.1, -0.05) is 6.07 Å². The van der Waals surface area contributed by atoms with Crippen LogP contribution in [-0.4, -0.2) is 49.1 Å². The predicted molar refractivity (Wildman–Crippen MR) is 105 cm³/mol. The molecule has 0 radical (unpaired) electrons. The third-order valence-electron chi connectivity index (χ3n) is 4.66. The van der Waals surface area contributed by atoms with Crippen molar-refractivity contribution in [3.8, 4) is 11.5 Å². The van der Waals surface area contributed by atoms with Gasteiger partial charge in [-0.05, 0) is 25.0 Å². The second kappa shape index (κ2) is 7.69. The average Bonchev–Trinajstić information content (AvgIpc) is 3.47. The molecule has 1 saturated carbocycles. The number of fused-ring (bicyclic) bond motifs is 1. The van der Waals surface area contributed by atoms with Gasteiger partial charge in [0, 0.05) is 30.5 Å². The minimum Gasteiger partial charge on any atom is -0.497 e. The van der Waals surface area contributed by atoms with Gasteiger partial charge < -0.3 is 9.47 Å². The first-order valence-electron chi connectivity index (χ1n) is 9.00. The van der Waals surface area contributed by atoms with E-state index >= 15 is 0 Å². The highest BCUT2D eigenvalue weighted by Crippen LogP contribution is 2.35. The van der Waals surface area contributed by atoms with E-state index in [1.807, 2.05) is 0 Å². The maximum absolute atomic E-state index is 12.4. The summed E-state index contributed by atoms with van der Waals surface area (Å²) in [5, 5.41) is 2.99. The van der Waals surface area contributed by atoms with Crippen molar-refractivity contribution < 1.29 is 22.7 Å². The van der Waals surface area contributed by atoms with E-state index in [1.54, 1.807) is 35.7 Å². The number of rotatable bonds is 7. The summed E-state index contributed by atoms with van der Waals surface area (Å²) in [7, 11) is -1.63. The van der Waals surface area contributed by atoms with Crippen molar-refractivity contribution in [2.75, 3.05) is 25.6 Å². The number of nitrogens with zero attached hydrogens (tertiary/aromatic N) is 2. The molecule has 8 nitrogen and oxygen atoms in total. The highest BCUT2D eigenvalue weighted by Gasteiger charge is 2.41. The van der Waals surface area contributed by atoms with Crippen molar-refractivity contribution >= 4 is 32.4 Å². The Balaban J connectivity index is 1.35. The van der Waals surface area contributed by atoms with E-state index in [-0.39, 0.29) is 17.8 Å². The lowest BCUT2D eigenvalue weighted by Crippen LogP contribution is -2.37. The van der Waals surface area contributed by atoms with E-state index < -0.39 is 10.0 Å². The number of aromatic nitrogens is 1. The average molecular weight is 424 g/mol. The quantitative estimate of drug-likeness (QED) is 0.732. The normalized spacial score (nSPS) is 17.0. The van der Waals surface area contributed by atoms with Crippen LogP contribution >= 0.6 is 11.3 Å². The molecule has 28 heavy (non-hydrogen) atoms. The summed E-state index contributed by atoms with van der Waals surface area (Å²) in [4.78, 5) is 17.5. The lowest BCUT2D eigenvalue weighted by atomic mass is 10.2. The number of carbonyl (C=O) groups is 1. The molecule has 0 saturated heterocycles. The molecule has 2 heterocycles. The molecule has 4 rings (SSSR count). The molecule has 0 atom stereocenters. The summed E-state index contributed by atoms with van der Waals surface area (Å²) in [5.41, 5.74) is 0.858. The van der Waals surface area contributed by atoms with Crippen LogP contribution in [0.2, 0.25) is 0 Å². The molecule has 1 aliphatic carbocycles. The van der Waals surface area contributed by atoms with Crippen LogP contribution in [0.4, 0.5) is 5.13 Å². The molecule has 1 aromatic carbocycles. The van der Waals surface area contributed by atoms with Gasteiger partial charge in [0.05, 0.1) is 18.1 Å². The Morgan fingerprint density at radius 2 is 2.14 bits per heavy atom. The van der Waals surface area contributed by atoms with E-state index in [4.69, 9.17) is 9.47 Å². The fourth-order valence-corrected chi connectivity index (χ4v) is 5.94. The van der Waals surface area contributed by atoms with Gasteiger partial charge in [0.25, 0.3) is 5.91 Å². The van der Waals surface area contributed by atoms with Crippen LogP contribution < -0.4 is 14.8 Å². The molecule has 1 aromatic heterocycles. The number of ether oxygens (including phenoxy) is 2. The topological polar surface area (TPSA) is 97.8 Å². The third kappa shape index (κ3) is 4.13. The summed E-state index contributed by atoms with van der Waals surface area (Å²) < 4.78 is 37.0. The fourth-order valence-electron chi connectivity index (χ4n) is 3.01. The van der Waals surface area contributed by atoms with Gasteiger partial charge in [0.2, 0.25) is 10.0 Å². The highest BCUT2D eigenvalue weighted by atomic mass is 32.2. The first kappa shape index (κ1) is 19.2. The van der Waals surface area contributed by atoms with Gasteiger partial charge in [0.1, 0.15) is 11.5 Å². The van der Waals surface area contributed by atoms with Gasteiger partial charge in [-0.25, -0.2) is 13.4 Å². The zero-order valence-electron chi connectivity index (χ0n) is 15.4. The third-order valence-corrected chi connectivity index (χ3v) is 8.00. The van der Waals surface area contributed by atoms with Crippen molar-refractivity contribution in [1.82, 2.24) is 9.29 Å². The van der Waals surface area contributed by atoms with Crippen molar-refractivity contribution in [3.63, 3.8) is 0 Å². The first-order valence-corrected chi connectivity index (χ1v) is 11.3. The van der Waals surface area contributed by atoms with Crippen LogP contribution in [0.1, 0.15) is 23.4 Å². The standard InChI is InChI=1S/C18H21N3O5S2/c1-25-12-3-2-4-13(9-12)26-11-17(22)20-18-19-15-7-8-21(10-16(15)27-18)28(23,24)14-5-6-14/h2-4,9,14H,5-8,10-11H2,1H3,(H,19,20,22). The minimum atomic E-state index is -3.20. The molecule has 1 N–H and O–H groups in total. The zero-order chi connectivity index (χ0) is 19.7. The molecule has 0 bridgehead atoms. The summed E-state index contributed by atoms with van der Waals surface area (Å²) in [6.07, 6.45) is 2.07. The van der Waals surface area contributed by atoms with E-state index in [9.17, 15) is 13.2 Å². The van der Waals surface area contributed by atoms with Crippen molar-refractivity contribution in [3.05, 3.63) is 34.8 Å². The number of hydrogen-bond donors (Lipinski definition) is 1. The Kier molecular flexibility index (Phi) is 5.26. The lowest BCUT2D eigenvalue weighted by molar-refractivity contribution is -0.118. The van der Waals surface area contributed by atoms with Gasteiger partial charge in [0.15, 0.2) is 11.7 Å². The second-order valence-corrected chi connectivity index (χ2v) is 10.0. The summed E-state index contributed by atoms with van der Waals surface area (Å²) in [5.74, 6) is 0.862. The Hall–Kier alpha value is -2.17. The Morgan fingerprint density at radius 3 is 2.89 bits per heavy atom. The lowest BCUT2D eigenvalue weighted by Gasteiger charge is -2.25. The number of hydrogen-bond acceptors (Lipinski definition) is 7. The summed E-state index contributed by atoms with van der Waals surface area (Å²) in [6.45, 7) is 0.628. The van der Waals surface area contributed by atoms with E-state index in [1.165, 1.54) is 11.3 Å². The maximum atomic E-state index is 12.4. The number of thiazole rings is 1. The van der Waals surface area contributed by atoms with Gasteiger partial charge >= 0.3 is 0 Å². The molecule has 2 aromatic rings. The fraction of sp³-hybridized carbons (Fsp3) is 0.444. The molecule has 0 spiro atoms. The van der Waals surface area contributed by atoms with E-state index in [2.05, 4.69) is 10.3 Å². The monoisotopic (exact) mass is 423 g/mol. The van der Waals surface area contributed by atoms with Crippen LogP contribution in [0.3, 0.4) is 0 Å². The number of carbonyl (C=O) groups excluding carboxylic acids is 1. The Morgan fingerprint density at radius 1 is 1.36 bits per heavy atom. The maximum Gasteiger partial charge on any atom is 0.264 e. The van der Waals surface area contributed by atoms with Gasteiger partial charge in [-0.15, -0.1) is 11.3 Å². The van der Waals surface area contributed by atoms with Crippen molar-refractivity contribution in [2.45, 2.75) is 31.1 Å². The molecule has 1 fully saturated rings. The molecule has 1 amide bonds. The predicted octanol–water partition coefficient (Wildman–Crippen LogP) is 2.02. The molecule has 150 valence electrons. The van der Waals surface area contributed by atoms with Gasteiger partial charge in [-0.3, -0.25) is 10.1 Å². The molecular formula is C18H21N3O5S2. The van der Waals surface area contributed by atoms with E-state index in [0.717, 1.165) is 23.4 Å². The van der Waals surface area contributed by atoms with Crippen molar-refractivity contribution in [2.24, 2.45) is 0 Å². The Bertz CT molecular complexity index is 985. The number of nitrogens with one attached hydrogen (secondary N) is 1. The number of anilines is 1. The van der Waals surface area contributed by atoms with Crippen molar-refractivity contribution in [1.29, 1.82) is 0 Å². The first-order chi connectivity index (χ1) is 13.5. The number of sulfonamides is 1. The molecule has 10 heteroatoms. The molecular weight excluding hydrogens is 402 g/mol. The minimum absolute atomic E-state index is 0.153. The van der Waals surface area contributed by atoms with Crippen LogP contribution in [0.25, 0.3) is 0 Å². The van der Waals surface area contributed by atoms with Crippen LogP contribution in [0, 0.1) is 0 Å². The second-order valence-electron chi connectivity index (χ2n) is 6.73. The number of amides is 1. The summed E-state index contributed by atoms with van der Waals surface area (Å²) in [6, 6.07) is 7.01. The Labute approximate surface area is 167 Å². The molecule has 2 aliphatic rings. The smallest absolute Gasteiger partial charge is 0.264 e.